The molecule has 0 spiro atoms. The van der Waals surface area contributed by atoms with Crippen LogP contribution in [0.15, 0.2) is 30.5 Å². The molecule has 1 aromatic carbocycles. The number of nitrogens with zero attached hydrogens (tertiary/aromatic N) is 4. The number of nitrogens with one attached hydrogen (secondary N) is 1. The van der Waals surface area contributed by atoms with E-state index in [4.69, 9.17) is 5.73 Å². The van der Waals surface area contributed by atoms with Crippen molar-refractivity contribution in [3.63, 3.8) is 0 Å². The van der Waals surface area contributed by atoms with E-state index in [1.807, 2.05) is 4.90 Å². The van der Waals surface area contributed by atoms with Crippen molar-refractivity contribution < 1.29 is 14.0 Å². The Bertz CT molecular complexity index is 1010. The molecule has 3 N–H and O–H groups in total. The smallest absolute Gasteiger partial charge is 0.254 e. The predicted octanol–water partition coefficient (Wildman–Crippen LogP) is 2.28. The number of hydrogen-bond donors (Lipinski definition) is 2. The molecule has 162 valence electrons. The third-order valence-electron chi connectivity index (χ3n) is 6.31. The molecule has 2 amide bonds. The van der Waals surface area contributed by atoms with E-state index < -0.39 is 17.6 Å². The molecule has 1 saturated carbocycles. The fourth-order valence-corrected chi connectivity index (χ4v) is 4.33. The number of alkyl halides is 1. The molecule has 0 radical (unpaired) electrons. The fraction of sp³-hybridized carbons (Fsp3) is 0.455. The van der Waals surface area contributed by atoms with Crippen molar-refractivity contribution in [1.29, 1.82) is 5.26 Å². The number of nitrogens with two attached hydrogens (primary N) is 1. The van der Waals surface area contributed by atoms with Crippen LogP contribution in [-0.4, -0.2) is 46.3 Å². The number of benzene rings is 1. The number of carbonyl (C=O) groups is 2. The maximum absolute atomic E-state index is 15.6. The Morgan fingerprint density at radius 2 is 2.13 bits per heavy atom. The summed E-state index contributed by atoms with van der Waals surface area (Å²) in [6, 6.07) is 10.6. The zero-order valence-corrected chi connectivity index (χ0v) is 17.1. The van der Waals surface area contributed by atoms with Crippen molar-refractivity contribution in [1.82, 2.24) is 14.7 Å². The summed E-state index contributed by atoms with van der Waals surface area (Å²) in [5.74, 6) is -0.126. The molecule has 4 rings (SSSR count). The van der Waals surface area contributed by atoms with Crippen molar-refractivity contribution in [3.8, 4) is 6.07 Å². The van der Waals surface area contributed by atoms with Gasteiger partial charge < -0.3 is 11.1 Å². The molecule has 2 aromatic rings. The first kappa shape index (κ1) is 21.0. The summed E-state index contributed by atoms with van der Waals surface area (Å²) in [5, 5.41) is 15.9. The number of amides is 2. The van der Waals surface area contributed by atoms with Gasteiger partial charge >= 0.3 is 0 Å². The number of piperidine rings is 1. The maximum Gasteiger partial charge on any atom is 0.254 e. The molecule has 2 unspecified atom stereocenters. The lowest BCUT2D eigenvalue weighted by atomic mass is 9.83. The lowest BCUT2D eigenvalue weighted by Gasteiger charge is -2.43. The number of nitriles is 1. The van der Waals surface area contributed by atoms with Gasteiger partial charge in [-0.05, 0) is 36.3 Å². The predicted molar refractivity (Wildman–Crippen MR) is 112 cm³/mol. The zero-order valence-electron chi connectivity index (χ0n) is 17.1. The van der Waals surface area contributed by atoms with Gasteiger partial charge in [0.1, 0.15) is 17.3 Å². The lowest BCUT2D eigenvalue weighted by molar-refractivity contribution is -0.105. The van der Waals surface area contributed by atoms with Gasteiger partial charge in [-0.2, -0.15) is 10.4 Å². The second-order valence-corrected chi connectivity index (χ2v) is 8.37. The van der Waals surface area contributed by atoms with E-state index in [0.717, 1.165) is 5.56 Å². The Morgan fingerprint density at radius 1 is 1.39 bits per heavy atom. The highest BCUT2D eigenvalue weighted by molar-refractivity contribution is 5.99. The van der Waals surface area contributed by atoms with Crippen molar-refractivity contribution in [2.24, 2.45) is 5.73 Å². The van der Waals surface area contributed by atoms with Gasteiger partial charge in [0.05, 0.1) is 12.5 Å². The van der Waals surface area contributed by atoms with Crippen molar-refractivity contribution >= 4 is 18.1 Å². The first-order valence-electron chi connectivity index (χ1n) is 10.4. The molecule has 0 bridgehead atoms. The number of carbonyl (C=O) groups excluding carboxylic acids is 2. The van der Waals surface area contributed by atoms with Crippen LogP contribution in [0.5, 0.6) is 0 Å². The highest BCUT2D eigenvalue weighted by Gasteiger charge is 2.46. The van der Waals surface area contributed by atoms with Crippen molar-refractivity contribution in [2.45, 2.75) is 49.9 Å². The number of halogens is 1. The standard InChI is InChI=1S/C22H25FN6O2/c23-19-13-28(11-15-1-3-16(4-2-15)17-5-6-17)10-8-22(19,7-9-24)29-12-18(20(25)31)21(27-29)26-14-30/h1-4,12,14,17,19H,5-8,10-11,13H2,(H2,25,31)(H,26,27,30). The van der Waals surface area contributed by atoms with Crippen LogP contribution in [0.1, 0.15) is 53.1 Å². The summed E-state index contributed by atoms with van der Waals surface area (Å²) < 4.78 is 16.9. The average Bonchev–Trinajstić information content (AvgIpc) is 3.51. The summed E-state index contributed by atoms with van der Waals surface area (Å²) in [6.45, 7) is 1.32. The van der Waals surface area contributed by atoms with Crippen molar-refractivity contribution in [2.75, 3.05) is 18.4 Å². The largest absolute Gasteiger partial charge is 0.365 e. The summed E-state index contributed by atoms with van der Waals surface area (Å²) in [5.41, 5.74) is 6.60. The quantitative estimate of drug-likeness (QED) is 0.631. The fourth-order valence-electron chi connectivity index (χ4n) is 4.33. The van der Waals surface area contributed by atoms with Gasteiger partial charge in [-0.25, -0.2) is 4.39 Å². The number of anilines is 1. The van der Waals surface area contributed by atoms with Gasteiger partial charge in [0, 0.05) is 25.8 Å². The minimum Gasteiger partial charge on any atom is -0.365 e. The summed E-state index contributed by atoms with van der Waals surface area (Å²) in [7, 11) is 0. The second-order valence-electron chi connectivity index (χ2n) is 8.37. The molecular weight excluding hydrogens is 399 g/mol. The van der Waals surface area contributed by atoms with Crippen LogP contribution in [0, 0.1) is 11.3 Å². The molecule has 8 nitrogen and oxygen atoms in total. The third kappa shape index (κ3) is 4.16. The van der Waals surface area contributed by atoms with Crippen molar-refractivity contribution in [3.05, 3.63) is 47.2 Å². The zero-order chi connectivity index (χ0) is 22.0. The highest BCUT2D eigenvalue weighted by Crippen LogP contribution is 2.40. The molecule has 1 aliphatic carbocycles. The van der Waals surface area contributed by atoms with Gasteiger partial charge in [-0.1, -0.05) is 24.3 Å². The molecule has 9 heteroatoms. The summed E-state index contributed by atoms with van der Waals surface area (Å²) in [4.78, 5) is 24.6. The Morgan fingerprint density at radius 3 is 2.71 bits per heavy atom. The Kier molecular flexibility index (Phi) is 5.74. The first-order valence-corrected chi connectivity index (χ1v) is 10.4. The van der Waals surface area contributed by atoms with Gasteiger partial charge in [0.2, 0.25) is 6.41 Å². The minimum atomic E-state index is -1.39. The molecule has 2 fully saturated rings. The highest BCUT2D eigenvalue weighted by atomic mass is 19.1. The van der Waals surface area contributed by atoms with E-state index >= 15 is 4.39 Å². The second kappa shape index (κ2) is 8.47. The molecule has 2 atom stereocenters. The van der Waals surface area contributed by atoms with E-state index in [2.05, 4.69) is 40.8 Å². The van der Waals surface area contributed by atoms with Crippen LogP contribution >= 0.6 is 0 Å². The van der Waals surface area contributed by atoms with Gasteiger partial charge in [0.25, 0.3) is 5.91 Å². The Balaban J connectivity index is 1.52. The number of hydrogen-bond acceptors (Lipinski definition) is 5. The van der Waals surface area contributed by atoms with E-state index in [1.165, 1.54) is 29.3 Å². The van der Waals surface area contributed by atoms with Gasteiger partial charge in [-0.3, -0.25) is 19.2 Å². The Labute approximate surface area is 179 Å². The van der Waals surface area contributed by atoms with E-state index in [-0.39, 0.29) is 24.3 Å². The minimum absolute atomic E-state index is 0.0187. The number of likely N-dealkylation sites (tertiary alicyclic amines) is 1. The van der Waals surface area contributed by atoms with E-state index in [0.29, 0.717) is 31.8 Å². The van der Waals surface area contributed by atoms with Crippen LogP contribution in [0.25, 0.3) is 0 Å². The first-order chi connectivity index (χ1) is 15.0. The van der Waals surface area contributed by atoms with Crippen LogP contribution < -0.4 is 11.1 Å². The SMILES string of the molecule is N#CCC1(n2cc(C(N)=O)c(NC=O)n2)CCN(Cc2ccc(C3CC3)cc2)CC1F. The molecule has 1 aliphatic heterocycles. The Hall–Kier alpha value is -3.25. The summed E-state index contributed by atoms with van der Waals surface area (Å²) in [6.07, 6.45) is 3.04. The number of aromatic nitrogens is 2. The van der Waals surface area contributed by atoms with Crippen LogP contribution in [-0.2, 0) is 16.9 Å². The van der Waals surface area contributed by atoms with E-state index in [9.17, 15) is 14.9 Å². The molecule has 2 aliphatic rings. The topological polar surface area (TPSA) is 117 Å². The number of primary amides is 1. The molecule has 1 aromatic heterocycles. The van der Waals surface area contributed by atoms with Crippen LogP contribution in [0.3, 0.4) is 0 Å². The molecular formula is C22H25FN6O2. The van der Waals surface area contributed by atoms with E-state index in [1.54, 1.807) is 0 Å². The number of rotatable bonds is 8. The monoisotopic (exact) mass is 424 g/mol. The average molecular weight is 424 g/mol. The van der Waals surface area contributed by atoms with Crippen LogP contribution in [0.4, 0.5) is 10.2 Å². The normalized spacial score (nSPS) is 23.8. The molecule has 2 heterocycles. The molecule has 1 saturated heterocycles. The van der Waals surface area contributed by atoms with Crippen LogP contribution in [0.2, 0.25) is 0 Å². The van der Waals surface area contributed by atoms with Gasteiger partial charge in [-0.15, -0.1) is 0 Å². The third-order valence-corrected chi connectivity index (χ3v) is 6.31. The lowest BCUT2D eigenvalue weighted by Crippen LogP contribution is -2.54. The van der Waals surface area contributed by atoms with Gasteiger partial charge in [0.15, 0.2) is 5.82 Å². The summed E-state index contributed by atoms with van der Waals surface area (Å²) >= 11 is 0. The maximum atomic E-state index is 15.6. The molecule has 31 heavy (non-hydrogen) atoms.